The molecule has 0 radical (unpaired) electrons. The second-order valence-corrected chi connectivity index (χ2v) is 9.69. The minimum atomic E-state index is -3.66. The van der Waals surface area contributed by atoms with E-state index in [1.807, 2.05) is 18.7 Å². The number of hydrogen-bond acceptors (Lipinski definition) is 7. The third-order valence-corrected chi connectivity index (χ3v) is 6.93. The van der Waals surface area contributed by atoms with Gasteiger partial charge in [-0.2, -0.15) is 4.31 Å². The number of ether oxygens (including phenoxy) is 2. The summed E-state index contributed by atoms with van der Waals surface area (Å²) in [6, 6.07) is 11.0. The molecular weight excluding hydrogens is 450 g/mol. The molecule has 1 aliphatic heterocycles. The lowest BCUT2D eigenvalue weighted by Crippen LogP contribution is -2.48. The zero-order chi connectivity index (χ0) is 24.2. The van der Waals surface area contributed by atoms with E-state index in [0.29, 0.717) is 24.5 Å². The van der Waals surface area contributed by atoms with Crippen LogP contribution in [0.5, 0.6) is 11.5 Å². The quantitative estimate of drug-likeness (QED) is 0.554. The highest BCUT2D eigenvalue weighted by Crippen LogP contribution is 2.28. The number of primary amides is 1. The molecule has 0 unspecified atom stereocenters. The van der Waals surface area contributed by atoms with Crippen LogP contribution in [0.15, 0.2) is 47.4 Å². The molecule has 1 heterocycles. The van der Waals surface area contributed by atoms with Gasteiger partial charge in [-0.15, -0.1) is 0 Å². The molecule has 1 fully saturated rings. The Morgan fingerprint density at radius 2 is 1.70 bits per heavy atom. The molecule has 178 valence electrons. The highest BCUT2D eigenvalue weighted by Gasteiger charge is 2.29. The van der Waals surface area contributed by atoms with E-state index in [4.69, 9.17) is 20.3 Å². The first kappa shape index (κ1) is 24.3. The van der Waals surface area contributed by atoms with E-state index < -0.39 is 28.5 Å². The van der Waals surface area contributed by atoms with Crippen molar-refractivity contribution in [3.8, 4) is 11.5 Å². The van der Waals surface area contributed by atoms with Crippen LogP contribution < -0.4 is 20.1 Å². The first-order valence-electron chi connectivity index (χ1n) is 10.4. The second kappa shape index (κ2) is 10.1. The summed E-state index contributed by atoms with van der Waals surface area (Å²) in [5, 5.41) is 8.85. The fourth-order valence-corrected chi connectivity index (χ4v) is 4.89. The largest absolute Gasteiger partial charge is 0.491 e. The van der Waals surface area contributed by atoms with Crippen LogP contribution >= 0.6 is 0 Å². The fourth-order valence-electron chi connectivity index (χ4n) is 3.47. The van der Waals surface area contributed by atoms with E-state index in [-0.39, 0.29) is 35.4 Å². The average molecular weight is 478 g/mol. The van der Waals surface area contributed by atoms with Crippen LogP contribution in [0, 0.1) is 0 Å². The molecule has 1 amide bonds. The molecule has 10 nitrogen and oxygen atoms in total. The standard InChI is InChI=1S/C22H27N3O7S/c1-15(2)32-17-4-6-18(7-5-17)33(29,30)25-11-9-24(10-12-25)16-3-8-19(22(23)28)20(13-16)31-14-21(26)27/h3-8,13,15H,9-12,14H2,1-2H3,(H2,23,28)(H,26,27). The third-order valence-electron chi connectivity index (χ3n) is 5.02. The lowest BCUT2D eigenvalue weighted by atomic mass is 10.1. The molecule has 2 aromatic rings. The third kappa shape index (κ3) is 5.93. The van der Waals surface area contributed by atoms with Crippen molar-refractivity contribution in [2.24, 2.45) is 5.73 Å². The molecule has 0 bridgehead atoms. The summed E-state index contributed by atoms with van der Waals surface area (Å²) in [6.45, 7) is 4.51. The van der Waals surface area contributed by atoms with Crippen molar-refractivity contribution in [1.82, 2.24) is 4.31 Å². The van der Waals surface area contributed by atoms with Gasteiger partial charge >= 0.3 is 5.97 Å². The number of benzene rings is 2. The lowest BCUT2D eigenvalue weighted by Gasteiger charge is -2.35. The average Bonchev–Trinajstić information content (AvgIpc) is 2.77. The summed E-state index contributed by atoms with van der Waals surface area (Å²) in [4.78, 5) is 24.6. The molecule has 11 heteroatoms. The van der Waals surface area contributed by atoms with E-state index in [0.717, 1.165) is 0 Å². The van der Waals surface area contributed by atoms with Crippen molar-refractivity contribution in [3.63, 3.8) is 0 Å². The number of sulfonamides is 1. The van der Waals surface area contributed by atoms with Gasteiger partial charge in [-0.3, -0.25) is 4.79 Å². The van der Waals surface area contributed by atoms with E-state index in [2.05, 4.69) is 0 Å². The van der Waals surface area contributed by atoms with Crippen molar-refractivity contribution in [3.05, 3.63) is 48.0 Å². The molecule has 2 aromatic carbocycles. The van der Waals surface area contributed by atoms with Gasteiger partial charge in [0.1, 0.15) is 11.5 Å². The summed E-state index contributed by atoms with van der Waals surface area (Å²) in [7, 11) is -3.66. The predicted molar refractivity (Wildman–Crippen MR) is 121 cm³/mol. The topological polar surface area (TPSA) is 139 Å². The van der Waals surface area contributed by atoms with Gasteiger partial charge in [0.15, 0.2) is 6.61 Å². The Kier molecular flexibility index (Phi) is 7.44. The van der Waals surface area contributed by atoms with Gasteiger partial charge in [-0.25, -0.2) is 13.2 Å². The van der Waals surface area contributed by atoms with Crippen LogP contribution in [0.25, 0.3) is 0 Å². The van der Waals surface area contributed by atoms with E-state index in [9.17, 15) is 18.0 Å². The maximum absolute atomic E-state index is 13.0. The van der Waals surface area contributed by atoms with Gasteiger partial charge in [0.25, 0.3) is 5.91 Å². The number of piperazine rings is 1. The monoisotopic (exact) mass is 477 g/mol. The molecule has 3 N–H and O–H groups in total. The van der Waals surface area contributed by atoms with Crippen LogP contribution in [-0.2, 0) is 14.8 Å². The summed E-state index contributed by atoms with van der Waals surface area (Å²) in [5.41, 5.74) is 6.09. The van der Waals surface area contributed by atoms with Gasteiger partial charge < -0.3 is 25.2 Å². The molecule has 0 spiro atoms. The van der Waals surface area contributed by atoms with Crippen molar-refractivity contribution in [1.29, 1.82) is 0 Å². The van der Waals surface area contributed by atoms with E-state index in [1.54, 1.807) is 24.3 Å². The van der Waals surface area contributed by atoms with Gasteiger partial charge in [0.2, 0.25) is 10.0 Å². The minimum Gasteiger partial charge on any atom is -0.491 e. The predicted octanol–water partition coefficient (Wildman–Crippen LogP) is 1.55. The Hall–Kier alpha value is -3.31. The van der Waals surface area contributed by atoms with E-state index >= 15 is 0 Å². The molecule has 33 heavy (non-hydrogen) atoms. The van der Waals surface area contributed by atoms with Gasteiger partial charge in [-0.1, -0.05) is 0 Å². The molecular formula is C22H27N3O7S. The van der Waals surface area contributed by atoms with Crippen LogP contribution in [-0.4, -0.2) is 68.6 Å². The number of hydrogen-bond donors (Lipinski definition) is 2. The molecule has 3 rings (SSSR count). The molecule has 1 aliphatic rings. The van der Waals surface area contributed by atoms with Crippen LogP contribution in [0.2, 0.25) is 0 Å². The zero-order valence-electron chi connectivity index (χ0n) is 18.4. The SMILES string of the molecule is CC(C)Oc1ccc(S(=O)(=O)N2CCN(c3ccc(C(N)=O)c(OCC(=O)O)c3)CC2)cc1. The van der Waals surface area contributed by atoms with Crippen molar-refractivity contribution < 1.29 is 32.6 Å². The van der Waals surface area contributed by atoms with Crippen LogP contribution in [0.1, 0.15) is 24.2 Å². The molecule has 0 saturated carbocycles. The van der Waals surface area contributed by atoms with Crippen molar-refractivity contribution >= 4 is 27.6 Å². The maximum atomic E-state index is 13.0. The molecule has 0 aliphatic carbocycles. The smallest absolute Gasteiger partial charge is 0.341 e. The number of rotatable bonds is 9. The summed E-state index contributed by atoms with van der Waals surface area (Å²) in [5.74, 6) is -1.24. The first-order chi connectivity index (χ1) is 15.6. The highest BCUT2D eigenvalue weighted by molar-refractivity contribution is 7.89. The number of amides is 1. The normalized spacial score (nSPS) is 14.8. The Labute approximate surface area is 192 Å². The summed E-state index contributed by atoms with van der Waals surface area (Å²) >= 11 is 0. The molecule has 0 atom stereocenters. The van der Waals surface area contributed by atoms with Crippen LogP contribution in [0.4, 0.5) is 5.69 Å². The molecule has 0 aromatic heterocycles. The number of aliphatic carboxylic acids is 1. The maximum Gasteiger partial charge on any atom is 0.341 e. The van der Waals surface area contributed by atoms with E-state index in [1.165, 1.54) is 22.5 Å². The number of carbonyl (C=O) groups is 2. The second-order valence-electron chi connectivity index (χ2n) is 7.76. The number of nitrogens with zero attached hydrogens (tertiary/aromatic N) is 2. The number of anilines is 1. The fraction of sp³-hybridized carbons (Fsp3) is 0.364. The summed E-state index contributed by atoms with van der Waals surface area (Å²) in [6.07, 6.45) is -0.00684. The minimum absolute atomic E-state index is 0.00684. The van der Waals surface area contributed by atoms with Crippen molar-refractivity contribution in [2.75, 3.05) is 37.7 Å². The Balaban J connectivity index is 1.70. The Morgan fingerprint density at radius 3 is 2.24 bits per heavy atom. The van der Waals surface area contributed by atoms with Gasteiger partial charge in [-0.05, 0) is 50.2 Å². The van der Waals surface area contributed by atoms with Gasteiger partial charge in [0, 0.05) is 37.9 Å². The van der Waals surface area contributed by atoms with Gasteiger partial charge in [0.05, 0.1) is 16.6 Å². The Bertz CT molecular complexity index is 1110. The number of carboxylic acid groups (broad SMARTS) is 1. The van der Waals surface area contributed by atoms with Crippen LogP contribution in [0.3, 0.4) is 0 Å². The molecule has 1 saturated heterocycles. The zero-order valence-corrected chi connectivity index (χ0v) is 19.2. The van der Waals surface area contributed by atoms with Crippen molar-refractivity contribution in [2.45, 2.75) is 24.8 Å². The number of carbonyl (C=O) groups excluding carboxylic acids is 1. The summed E-state index contributed by atoms with van der Waals surface area (Å²) < 4.78 is 38.3. The number of carboxylic acids is 1. The number of nitrogens with two attached hydrogens (primary N) is 1. The lowest BCUT2D eigenvalue weighted by molar-refractivity contribution is -0.139. The Morgan fingerprint density at radius 1 is 1.06 bits per heavy atom. The first-order valence-corrected chi connectivity index (χ1v) is 11.8. The highest BCUT2D eigenvalue weighted by atomic mass is 32.2.